The highest BCUT2D eigenvalue weighted by atomic mass is 35.5. The first-order valence-electron chi connectivity index (χ1n) is 5.40. The molecule has 0 aromatic carbocycles. The molecule has 6 nitrogen and oxygen atoms in total. The number of ether oxygens (including phenoxy) is 1. The Morgan fingerprint density at radius 3 is 2.79 bits per heavy atom. The van der Waals surface area contributed by atoms with Gasteiger partial charge in [0.25, 0.3) is 0 Å². The lowest BCUT2D eigenvalue weighted by Gasteiger charge is -2.06. The van der Waals surface area contributed by atoms with Crippen LogP contribution in [0.2, 0.25) is 5.02 Å². The van der Waals surface area contributed by atoms with Crippen molar-refractivity contribution in [2.75, 3.05) is 12.4 Å². The summed E-state index contributed by atoms with van der Waals surface area (Å²) in [5, 5.41) is 5.51. The van der Waals surface area contributed by atoms with Crippen LogP contribution in [-0.2, 0) is 0 Å². The Labute approximate surface area is 114 Å². The van der Waals surface area contributed by atoms with Gasteiger partial charge in [0.05, 0.1) is 23.1 Å². The average molecular weight is 279 g/mol. The van der Waals surface area contributed by atoms with Gasteiger partial charge < -0.3 is 15.4 Å². The number of urea groups is 1. The van der Waals surface area contributed by atoms with E-state index in [1.54, 1.807) is 18.2 Å². The van der Waals surface area contributed by atoms with E-state index in [-0.39, 0.29) is 6.03 Å². The lowest BCUT2D eigenvalue weighted by molar-refractivity contribution is 0.254. The van der Waals surface area contributed by atoms with Crippen molar-refractivity contribution >= 4 is 23.3 Å². The Kier molecular flexibility index (Phi) is 4.15. The Morgan fingerprint density at radius 2 is 2.16 bits per heavy atom. The van der Waals surface area contributed by atoms with Crippen LogP contribution in [0.3, 0.4) is 0 Å². The molecule has 0 aliphatic rings. The van der Waals surface area contributed by atoms with Crippen LogP contribution in [0.15, 0.2) is 36.8 Å². The topological polar surface area (TPSA) is 76.1 Å². The molecule has 0 spiro atoms. The number of hydrogen-bond acceptors (Lipinski definition) is 4. The summed E-state index contributed by atoms with van der Waals surface area (Å²) in [6, 6.07) is 4.63. The van der Waals surface area contributed by atoms with E-state index in [9.17, 15) is 4.79 Å². The molecule has 0 unspecified atom stereocenters. The number of pyridine rings is 2. The zero-order valence-electron chi connectivity index (χ0n) is 10.1. The van der Waals surface area contributed by atoms with Gasteiger partial charge >= 0.3 is 6.03 Å². The molecule has 19 heavy (non-hydrogen) atoms. The number of carbonyl (C=O) groups is 1. The van der Waals surface area contributed by atoms with Gasteiger partial charge in [-0.15, -0.1) is 0 Å². The molecular weight excluding hydrogens is 268 g/mol. The summed E-state index contributed by atoms with van der Waals surface area (Å²) in [5.74, 6) is 0.874. The fourth-order valence-corrected chi connectivity index (χ4v) is 1.44. The molecule has 2 aromatic rings. The highest BCUT2D eigenvalue weighted by Crippen LogP contribution is 2.22. The number of amides is 2. The summed E-state index contributed by atoms with van der Waals surface area (Å²) >= 11 is 5.79. The first-order chi connectivity index (χ1) is 9.17. The van der Waals surface area contributed by atoms with Gasteiger partial charge in [0.15, 0.2) is 0 Å². The molecule has 2 aromatic heterocycles. The van der Waals surface area contributed by atoms with Crippen LogP contribution in [0.5, 0.6) is 11.6 Å². The van der Waals surface area contributed by atoms with E-state index in [0.29, 0.717) is 22.3 Å². The van der Waals surface area contributed by atoms with Gasteiger partial charge in [-0.2, -0.15) is 0 Å². The summed E-state index contributed by atoms with van der Waals surface area (Å²) in [7, 11) is 1.53. The van der Waals surface area contributed by atoms with E-state index >= 15 is 0 Å². The van der Waals surface area contributed by atoms with E-state index < -0.39 is 0 Å². The van der Waals surface area contributed by atoms with E-state index in [2.05, 4.69) is 20.6 Å². The number of rotatable bonds is 3. The standard InChI is InChI=1S/C12H11ClN4O2/c1-14-12(18)17-9-2-3-11(16-6-9)19-10-4-8(13)5-15-7-10/h2-7H,1H3,(H2,14,17,18). The average Bonchev–Trinajstić information content (AvgIpc) is 2.41. The van der Waals surface area contributed by atoms with Gasteiger partial charge in [-0.05, 0) is 6.07 Å². The maximum atomic E-state index is 11.1. The molecule has 0 radical (unpaired) electrons. The van der Waals surface area contributed by atoms with Gasteiger partial charge in [-0.1, -0.05) is 11.6 Å². The third-order valence-corrected chi connectivity index (χ3v) is 2.33. The number of hydrogen-bond donors (Lipinski definition) is 2. The van der Waals surface area contributed by atoms with Gasteiger partial charge in [-0.3, -0.25) is 4.98 Å². The van der Waals surface area contributed by atoms with Crippen molar-refractivity contribution in [3.8, 4) is 11.6 Å². The zero-order chi connectivity index (χ0) is 13.7. The highest BCUT2D eigenvalue weighted by Gasteiger charge is 2.02. The Bertz CT molecular complexity index is 574. The third-order valence-electron chi connectivity index (χ3n) is 2.12. The second kappa shape index (κ2) is 6.01. The van der Waals surface area contributed by atoms with Crippen molar-refractivity contribution < 1.29 is 9.53 Å². The zero-order valence-corrected chi connectivity index (χ0v) is 10.8. The Balaban J connectivity index is 2.04. The molecule has 0 aliphatic carbocycles. The quantitative estimate of drug-likeness (QED) is 0.905. The first kappa shape index (κ1) is 13.1. The van der Waals surface area contributed by atoms with Gasteiger partial charge in [0.2, 0.25) is 5.88 Å². The summed E-state index contributed by atoms with van der Waals surface area (Å²) in [6.07, 6.45) is 4.53. The largest absolute Gasteiger partial charge is 0.437 e. The lowest BCUT2D eigenvalue weighted by atomic mass is 10.4. The predicted molar refractivity (Wildman–Crippen MR) is 71.6 cm³/mol. The SMILES string of the molecule is CNC(=O)Nc1ccc(Oc2cncc(Cl)c2)nc1. The van der Waals surface area contributed by atoms with E-state index in [4.69, 9.17) is 16.3 Å². The maximum absolute atomic E-state index is 11.1. The second-order valence-electron chi connectivity index (χ2n) is 3.53. The maximum Gasteiger partial charge on any atom is 0.319 e. The molecule has 2 heterocycles. The Hall–Kier alpha value is -2.34. The molecule has 98 valence electrons. The minimum atomic E-state index is -0.311. The van der Waals surface area contributed by atoms with Crippen molar-refractivity contribution in [1.29, 1.82) is 0 Å². The number of nitrogens with one attached hydrogen (secondary N) is 2. The number of nitrogens with zero attached hydrogens (tertiary/aromatic N) is 2. The summed E-state index contributed by atoms with van der Waals surface area (Å²) in [5.41, 5.74) is 0.566. The van der Waals surface area contributed by atoms with Crippen molar-refractivity contribution in [2.24, 2.45) is 0 Å². The van der Waals surface area contributed by atoms with Crippen LogP contribution in [-0.4, -0.2) is 23.0 Å². The molecule has 7 heteroatoms. The van der Waals surface area contributed by atoms with Gasteiger partial charge in [-0.25, -0.2) is 9.78 Å². The monoisotopic (exact) mass is 278 g/mol. The van der Waals surface area contributed by atoms with Gasteiger partial charge in [0, 0.05) is 25.4 Å². The first-order valence-corrected chi connectivity index (χ1v) is 5.78. The fraction of sp³-hybridized carbons (Fsp3) is 0.0833. The number of aromatic nitrogens is 2. The highest BCUT2D eigenvalue weighted by molar-refractivity contribution is 6.30. The molecule has 0 fully saturated rings. The van der Waals surface area contributed by atoms with Gasteiger partial charge in [0.1, 0.15) is 5.75 Å². The summed E-state index contributed by atoms with van der Waals surface area (Å²) < 4.78 is 5.46. The molecule has 0 bridgehead atoms. The molecule has 2 amide bonds. The van der Waals surface area contributed by atoms with Crippen LogP contribution in [0.4, 0.5) is 10.5 Å². The molecule has 0 atom stereocenters. The minimum absolute atomic E-state index is 0.311. The van der Waals surface area contributed by atoms with E-state index in [0.717, 1.165) is 0 Å². The summed E-state index contributed by atoms with van der Waals surface area (Å²) in [4.78, 5) is 19.0. The van der Waals surface area contributed by atoms with Crippen LogP contribution < -0.4 is 15.4 Å². The lowest BCUT2D eigenvalue weighted by Crippen LogP contribution is -2.24. The van der Waals surface area contributed by atoms with Crippen LogP contribution in [0.25, 0.3) is 0 Å². The molecule has 0 aliphatic heterocycles. The normalized spacial score (nSPS) is 9.79. The second-order valence-corrected chi connectivity index (χ2v) is 3.97. The minimum Gasteiger partial charge on any atom is -0.437 e. The Morgan fingerprint density at radius 1 is 1.32 bits per heavy atom. The predicted octanol–water partition coefficient (Wildman–Crippen LogP) is 2.67. The van der Waals surface area contributed by atoms with Crippen molar-refractivity contribution in [3.63, 3.8) is 0 Å². The number of carbonyl (C=O) groups excluding carboxylic acids is 1. The van der Waals surface area contributed by atoms with Crippen LogP contribution in [0.1, 0.15) is 0 Å². The van der Waals surface area contributed by atoms with Crippen LogP contribution >= 0.6 is 11.6 Å². The van der Waals surface area contributed by atoms with E-state index in [1.165, 1.54) is 25.6 Å². The molecule has 2 N–H and O–H groups in total. The summed E-state index contributed by atoms with van der Waals surface area (Å²) in [6.45, 7) is 0. The third kappa shape index (κ3) is 3.82. The fourth-order valence-electron chi connectivity index (χ4n) is 1.28. The van der Waals surface area contributed by atoms with Crippen molar-refractivity contribution in [3.05, 3.63) is 41.8 Å². The molecule has 2 rings (SSSR count). The van der Waals surface area contributed by atoms with Crippen molar-refractivity contribution in [2.45, 2.75) is 0 Å². The van der Waals surface area contributed by atoms with Crippen LogP contribution in [0, 0.1) is 0 Å². The molecule has 0 saturated heterocycles. The van der Waals surface area contributed by atoms with Crippen molar-refractivity contribution in [1.82, 2.24) is 15.3 Å². The molecule has 0 saturated carbocycles. The van der Waals surface area contributed by atoms with E-state index in [1.807, 2.05) is 0 Å². The smallest absolute Gasteiger partial charge is 0.319 e. The molecular formula is C12H11ClN4O2. The number of anilines is 1. The number of halogens is 1.